The molecule has 0 bridgehead atoms. The summed E-state index contributed by atoms with van der Waals surface area (Å²) in [5, 5.41) is 10.3. The molecule has 3 nitrogen and oxygen atoms in total. The monoisotopic (exact) mass is 312 g/mol. The molecular formula is C20H24O3. The van der Waals surface area contributed by atoms with Crippen molar-refractivity contribution in [2.45, 2.75) is 46.5 Å². The molecule has 0 aliphatic carbocycles. The van der Waals surface area contributed by atoms with Gasteiger partial charge in [0, 0.05) is 18.1 Å². The van der Waals surface area contributed by atoms with Gasteiger partial charge in [-0.25, -0.2) is 0 Å². The Hall–Kier alpha value is -2.29. The van der Waals surface area contributed by atoms with Crippen molar-refractivity contribution in [1.29, 1.82) is 0 Å². The van der Waals surface area contributed by atoms with E-state index in [9.17, 15) is 9.90 Å². The van der Waals surface area contributed by atoms with Crippen LogP contribution in [0.3, 0.4) is 0 Å². The van der Waals surface area contributed by atoms with E-state index in [1.807, 2.05) is 30.3 Å². The largest absolute Gasteiger partial charge is 0.507 e. The third-order valence-electron chi connectivity index (χ3n) is 3.73. The molecule has 23 heavy (non-hydrogen) atoms. The average Bonchev–Trinajstić information content (AvgIpc) is 2.51. The van der Waals surface area contributed by atoms with Crippen molar-refractivity contribution in [3.8, 4) is 22.6 Å². The van der Waals surface area contributed by atoms with E-state index in [1.165, 1.54) is 12.5 Å². The van der Waals surface area contributed by atoms with Crippen LogP contribution in [0.4, 0.5) is 0 Å². The Morgan fingerprint density at radius 3 is 2.09 bits per heavy atom. The Kier molecular flexibility index (Phi) is 5.80. The molecule has 0 aromatic heterocycles. The quantitative estimate of drug-likeness (QED) is 0.610. The van der Waals surface area contributed by atoms with Gasteiger partial charge in [-0.3, -0.25) is 4.79 Å². The summed E-state index contributed by atoms with van der Waals surface area (Å²) in [6.45, 7) is 5.63. The maximum atomic E-state index is 11.4. The summed E-state index contributed by atoms with van der Waals surface area (Å²) in [6, 6.07) is 11.4. The molecule has 2 rings (SSSR count). The van der Waals surface area contributed by atoms with Gasteiger partial charge in [-0.1, -0.05) is 38.8 Å². The second kappa shape index (κ2) is 7.82. The standard InChI is InChI=1S/C20H24O3/c1-4-6-15-8-10-19(22)17(12-15)18-13-16(7-5-2)9-11-20(18)23-14(3)21/h8-13,22H,4-7H2,1-3H3. The van der Waals surface area contributed by atoms with E-state index in [0.717, 1.165) is 36.8 Å². The third-order valence-corrected chi connectivity index (χ3v) is 3.73. The lowest BCUT2D eigenvalue weighted by atomic mass is 9.96. The van der Waals surface area contributed by atoms with Crippen LogP contribution in [-0.2, 0) is 17.6 Å². The zero-order valence-electron chi connectivity index (χ0n) is 14.1. The molecule has 0 saturated carbocycles. The molecule has 0 amide bonds. The van der Waals surface area contributed by atoms with E-state index in [2.05, 4.69) is 13.8 Å². The molecule has 0 saturated heterocycles. The number of esters is 1. The number of ether oxygens (including phenoxy) is 1. The number of carbonyl (C=O) groups excluding carboxylic acids is 1. The fourth-order valence-corrected chi connectivity index (χ4v) is 2.72. The minimum Gasteiger partial charge on any atom is -0.507 e. The van der Waals surface area contributed by atoms with Gasteiger partial charge in [-0.15, -0.1) is 0 Å². The minimum atomic E-state index is -0.362. The first kappa shape index (κ1) is 17.1. The van der Waals surface area contributed by atoms with Gasteiger partial charge < -0.3 is 9.84 Å². The van der Waals surface area contributed by atoms with Crippen LogP contribution in [0.5, 0.6) is 11.5 Å². The van der Waals surface area contributed by atoms with Crippen LogP contribution >= 0.6 is 0 Å². The minimum absolute atomic E-state index is 0.201. The maximum absolute atomic E-state index is 11.4. The Bertz CT molecular complexity index is 689. The molecule has 1 N–H and O–H groups in total. The molecule has 0 atom stereocenters. The van der Waals surface area contributed by atoms with Crippen molar-refractivity contribution < 1.29 is 14.6 Å². The SMILES string of the molecule is CCCc1ccc(O)c(-c2cc(CCC)ccc2OC(C)=O)c1. The number of phenols is 1. The number of aromatic hydroxyl groups is 1. The van der Waals surface area contributed by atoms with Crippen LogP contribution in [0.2, 0.25) is 0 Å². The van der Waals surface area contributed by atoms with E-state index < -0.39 is 0 Å². The van der Waals surface area contributed by atoms with Crippen LogP contribution in [0, 0.1) is 0 Å². The summed E-state index contributed by atoms with van der Waals surface area (Å²) in [5.41, 5.74) is 3.81. The molecule has 0 fully saturated rings. The first-order valence-corrected chi connectivity index (χ1v) is 8.18. The van der Waals surface area contributed by atoms with Crippen molar-refractivity contribution >= 4 is 5.97 Å². The number of carbonyl (C=O) groups is 1. The van der Waals surface area contributed by atoms with Gasteiger partial charge in [0.15, 0.2) is 0 Å². The summed E-state index contributed by atoms with van der Waals surface area (Å²) in [7, 11) is 0. The molecule has 0 aliphatic heterocycles. The molecule has 0 spiro atoms. The van der Waals surface area contributed by atoms with Gasteiger partial charge in [-0.05, 0) is 48.2 Å². The summed E-state index contributed by atoms with van der Waals surface area (Å²) < 4.78 is 5.34. The summed E-state index contributed by atoms with van der Waals surface area (Å²) in [4.78, 5) is 11.4. The number of hydrogen-bond acceptors (Lipinski definition) is 3. The zero-order chi connectivity index (χ0) is 16.8. The second-order valence-corrected chi connectivity index (χ2v) is 5.78. The van der Waals surface area contributed by atoms with Crippen LogP contribution in [-0.4, -0.2) is 11.1 Å². The fraction of sp³-hybridized carbons (Fsp3) is 0.350. The van der Waals surface area contributed by atoms with Gasteiger partial charge in [-0.2, -0.15) is 0 Å². The van der Waals surface area contributed by atoms with E-state index in [-0.39, 0.29) is 11.7 Å². The molecule has 2 aromatic rings. The Morgan fingerprint density at radius 2 is 1.52 bits per heavy atom. The summed E-state index contributed by atoms with van der Waals surface area (Å²) in [6.07, 6.45) is 3.97. The molecular weight excluding hydrogens is 288 g/mol. The number of hydrogen-bond donors (Lipinski definition) is 1. The maximum Gasteiger partial charge on any atom is 0.308 e. The smallest absolute Gasteiger partial charge is 0.308 e. The number of benzene rings is 2. The number of rotatable bonds is 6. The second-order valence-electron chi connectivity index (χ2n) is 5.78. The highest BCUT2D eigenvalue weighted by Gasteiger charge is 2.14. The molecule has 122 valence electrons. The van der Waals surface area contributed by atoms with Crippen LogP contribution in [0.15, 0.2) is 36.4 Å². The van der Waals surface area contributed by atoms with Crippen LogP contribution in [0.25, 0.3) is 11.1 Å². The first-order chi connectivity index (χ1) is 11.0. The van der Waals surface area contributed by atoms with E-state index in [0.29, 0.717) is 11.3 Å². The first-order valence-electron chi connectivity index (χ1n) is 8.18. The Balaban J connectivity index is 2.56. The van der Waals surface area contributed by atoms with Gasteiger partial charge in [0.05, 0.1) is 0 Å². The van der Waals surface area contributed by atoms with E-state index in [4.69, 9.17) is 4.74 Å². The lowest BCUT2D eigenvalue weighted by Gasteiger charge is -2.14. The number of phenolic OH excluding ortho intramolecular Hbond substituents is 1. The summed E-state index contributed by atoms with van der Waals surface area (Å²) >= 11 is 0. The average molecular weight is 312 g/mol. The van der Waals surface area contributed by atoms with Crippen LogP contribution < -0.4 is 4.74 Å². The summed E-state index contributed by atoms with van der Waals surface area (Å²) in [5.74, 6) is 0.326. The van der Waals surface area contributed by atoms with Crippen LogP contribution in [0.1, 0.15) is 44.7 Å². The Labute approximate surface area is 137 Å². The highest BCUT2D eigenvalue weighted by Crippen LogP contribution is 2.37. The highest BCUT2D eigenvalue weighted by atomic mass is 16.5. The van der Waals surface area contributed by atoms with E-state index >= 15 is 0 Å². The number of aryl methyl sites for hydroxylation is 2. The topological polar surface area (TPSA) is 46.5 Å². The van der Waals surface area contributed by atoms with E-state index in [1.54, 1.807) is 6.07 Å². The highest BCUT2D eigenvalue weighted by molar-refractivity contribution is 5.80. The lowest BCUT2D eigenvalue weighted by Crippen LogP contribution is -2.03. The predicted molar refractivity (Wildman–Crippen MR) is 92.8 cm³/mol. The molecule has 0 heterocycles. The Morgan fingerprint density at radius 1 is 0.957 bits per heavy atom. The normalized spacial score (nSPS) is 10.6. The van der Waals surface area contributed by atoms with Crippen molar-refractivity contribution in [2.24, 2.45) is 0 Å². The third kappa shape index (κ3) is 4.35. The van der Waals surface area contributed by atoms with Crippen molar-refractivity contribution in [2.75, 3.05) is 0 Å². The molecule has 2 aromatic carbocycles. The zero-order valence-corrected chi connectivity index (χ0v) is 14.1. The fourth-order valence-electron chi connectivity index (χ4n) is 2.72. The lowest BCUT2D eigenvalue weighted by molar-refractivity contribution is -0.131. The molecule has 0 radical (unpaired) electrons. The van der Waals surface area contributed by atoms with Gasteiger partial charge in [0.25, 0.3) is 0 Å². The molecule has 0 unspecified atom stereocenters. The van der Waals surface area contributed by atoms with Crippen molar-refractivity contribution in [3.63, 3.8) is 0 Å². The van der Waals surface area contributed by atoms with Crippen molar-refractivity contribution in [3.05, 3.63) is 47.5 Å². The van der Waals surface area contributed by atoms with Gasteiger partial charge >= 0.3 is 5.97 Å². The molecule has 3 heteroatoms. The van der Waals surface area contributed by atoms with Gasteiger partial charge in [0.1, 0.15) is 11.5 Å². The predicted octanol–water partition coefficient (Wildman–Crippen LogP) is 4.89. The molecule has 0 aliphatic rings. The van der Waals surface area contributed by atoms with Gasteiger partial charge in [0.2, 0.25) is 0 Å². The van der Waals surface area contributed by atoms with Crippen molar-refractivity contribution in [1.82, 2.24) is 0 Å².